The molecule has 1 atom stereocenters. The van der Waals surface area contributed by atoms with Crippen molar-refractivity contribution in [3.63, 3.8) is 0 Å². The van der Waals surface area contributed by atoms with E-state index in [9.17, 15) is 10.1 Å². The van der Waals surface area contributed by atoms with Gasteiger partial charge in [-0.1, -0.05) is 12.8 Å². The van der Waals surface area contributed by atoms with Crippen molar-refractivity contribution < 1.29 is 4.92 Å². The van der Waals surface area contributed by atoms with Gasteiger partial charge in [-0.3, -0.25) is 10.1 Å². The average Bonchev–Trinajstić information content (AvgIpc) is 2.98. The number of nitrogens with one attached hydrogen (secondary N) is 1. The van der Waals surface area contributed by atoms with Crippen LogP contribution in [0.15, 0.2) is 18.2 Å². The number of anilines is 1. The molecule has 3 N–H and O–H groups in total. The molecule has 0 amide bonds. The third kappa shape index (κ3) is 3.06. The lowest BCUT2D eigenvalue weighted by atomic mass is 9.97. The lowest BCUT2D eigenvalue weighted by Gasteiger charge is -2.24. The fraction of sp³-hybridized carbons (Fsp3) is 0.500. The average molecular weight is 274 g/mol. The molecule has 20 heavy (non-hydrogen) atoms. The summed E-state index contributed by atoms with van der Waals surface area (Å²) >= 11 is 0. The summed E-state index contributed by atoms with van der Waals surface area (Å²) in [5, 5.41) is 23.1. The van der Waals surface area contributed by atoms with E-state index in [0.717, 1.165) is 12.8 Å². The number of nitro groups is 1. The van der Waals surface area contributed by atoms with E-state index < -0.39 is 4.92 Å². The van der Waals surface area contributed by atoms with Crippen molar-refractivity contribution >= 4 is 11.4 Å². The number of hydrogen-bond donors (Lipinski definition) is 2. The minimum Gasteiger partial charge on any atom is -0.380 e. The molecule has 1 saturated carbocycles. The first-order valence-electron chi connectivity index (χ1n) is 6.81. The van der Waals surface area contributed by atoms with Crippen LogP contribution in [-0.4, -0.2) is 17.5 Å². The van der Waals surface area contributed by atoms with Crippen LogP contribution in [0.25, 0.3) is 0 Å². The highest BCUT2D eigenvalue weighted by Gasteiger charge is 2.24. The van der Waals surface area contributed by atoms with Crippen LogP contribution in [0.5, 0.6) is 0 Å². The highest BCUT2D eigenvalue weighted by Crippen LogP contribution is 2.30. The monoisotopic (exact) mass is 274 g/mol. The normalized spacial score (nSPS) is 16.6. The zero-order valence-electron chi connectivity index (χ0n) is 11.2. The van der Waals surface area contributed by atoms with Crippen molar-refractivity contribution in [3.8, 4) is 6.07 Å². The molecule has 0 aliphatic heterocycles. The summed E-state index contributed by atoms with van der Waals surface area (Å²) < 4.78 is 0. The summed E-state index contributed by atoms with van der Waals surface area (Å²) in [4.78, 5) is 10.2. The first kappa shape index (κ1) is 14.3. The van der Waals surface area contributed by atoms with Gasteiger partial charge in [0.05, 0.1) is 16.2 Å². The van der Waals surface area contributed by atoms with E-state index in [4.69, 9.17) is 11.0 Å². The van der Waals surface area contributed by atoms with Gasteiger partial charge in [0.1, 0.15) is 6.07 Å². The van der Waals surface area contributed by atoms with Crippen LogP contribution in [0.3, 0.4) is 0 Å². The Kier molecular flexibility index (Phi) is 4.53. The van der Waals surface area contributed by atoms with Crippen LogP contribution in [0.4, 0.5) is 11.4 Å². The second-order valence-corrected chi connectivity index (χ2v) is 5.13. The molecule has 1 aliphatic rings. The third-order valence-corrected chi connectivity index (χ3v) is 3.90. The van der Waals surface area contributed by atoms with E-state index in [1.807, 2.05) is 6.07 Å². The Labute approximate surface area is 117 Å². The van der Waals surface area contributed by atoms with Crippen LogP contribution >= 0.6 is 0 Å². The summed E-state index contributed by atoms with van der Waals surface area (Å²) in [6.45, 7) is 0.493. The van der Waals surface area contributed by atoms with E-state index in [1.165, 1.54) is 25.0 Å². The van der Waals surface area contributed by atoms with E-state index in [0.29, 0.717) is 18.2 Å². The molecule has 106 valence electrons. The van der Waals surface area contributed by atoms with E-state index >= 15 is 0 Å². The molecule has 0 spiro atoms. The summed E-state index contributed by atoms with van der Waals surface area (Å²) in [6.07, 6.45) is 4.72. The second kappa shape index (κ2) is 6.35. The van der Waals surface area contributed by atoms with Gasteiger partial charge in [0.2, 0.25) is 0 Å². The first-order chi connectivity index (χ1) is 9.65. The fourth-order valence-corrected chi connectivity index (χ4v) is 2.79. The van der Waals surface area contributed by atoms with Crippen molar-refractivity contribution in [2.75, 3.05) is 11.9 Å². The van der Waals surface area contributed by atoms with Gasteiger partial charge >= 0.3 is 0 Å². The number of rotatable bonds is 5. The summed E-state index contributed by atoms with van der Waals surface area (Å²) in [7, 11) is 0. The lowest BCUT2D eigenvalue weighted by molar-refractivity contribution is -0.384. The maximum absolute atomic E-state index is 10.7. The molecule has 2 rings (SSSR count). The zero-order valence-corrected chi connectivity index (χ0v) is 11.2. The highest BCUT2D eigenvalue weighted by atomic mass is 16.6. The molecular formula is C14H18N4O2. The van der Waals surface area contributed by atoms with E-state index in [-0.39, 0.29) is 17.3 Å². The van der Waals surface area contributed by atoms with Gasteiger partial charge in [-0.2, -0.15) is 5.26 Å². The maximum Gasteiger partial charge on any atom is 0.270 e. The van der Waals surface area contributed by atoms with Crippen LogP contribution in [0, 0.1) is 27.4 Å². The number of nitrogens with two attached hydrogens (primary N) is 1. The predicted molar refractivity (Wildman–Crippen MR) is 76.2 cm³/mol. The lowest BCUT2D eigenvalue weighted by Crippen LogP contribution is -2.35. The van der Waals surface area contributed by atoms with Gasteiger partial charge in [0, 0.05) is 24.7 Å². The highest BCUT2D eigenvalue weighted by molar-refractivity contribution is 5.61. The SMILES string of the molecule is N#Cc1cc([N+](=O)[O-])ccc1NC(CN)C1CCCC1. The Balaban J connectivity index is 2.19. The predicted octanol–water partition coefficient (Wildman–Crippen LogP) is 2.40. The van der Waals surface area contributed by atoms with Crippen molar-refractivity contribution in [1.82, 2.24) is 0 Å². The maximum atomic E-state index is 10.7. The Morgan fingerprint density at radius 1 is 1.50 bits per heavy atom. The summed E-state index contributed by atoms with van der Waals surface area (Å²) in [6, 6.07) is 6.42. The number of nitro benzene ring substituents is 1. The van der Waals surface area contributed by atoms with Crippen LogP contribution in [0.2, 0.25) is 0 Å². The molecule has 0 aromatic heterocycles. The van der Waals surface area contributed by atoms with Crippen LogP contribution in [0.1, 0.15) is 31.2 Å². The number of non-ortho nitro benzene ring substituents is 1. The van der Waals surface area contributed by atoms with Crippen LogP contribution < -0.4 is 11.1 Å². The number of nitriles is 1. The van der Waals surface area contributed by atoms with E-state index in [2.05, 4.69) is 5.32 Å². The van der Waals surface area contributed by atoms with Crippen molar-refractivity contribution in [1.29, 1.82) is 5.26 Å². The number of nitrogens with zero attached hydrogens (tertiary/aromatic N) is 2. The van der Waals surface area contributed by atoms with E-state index in [1.54, 1.807) is 6.07 Å². The van der Waals surface area contributed by atoms with Crippen molar-refractivity contribution in [2.45, 2.75) is 31.7 Å². The first-order valence-corrected chi connectivity index (χ1v) is 6.81. The van der Waals surface area contributed by atoms with Gasteiger partial charge < -0.3 is 11.1 Å². The molecule has 0 saturated heterocycles. The topological polar surface area (TPSA) is 105 Å². The Hall–Kier alpha value is -2.13. The minimum atomic E-state index is -0.498. The van der Waals surface area contributed by atoms with Gasteiger partial charge in [-0.25, -0.2) is 0 Å². The summed E-state index contributed by atoms with van der Waals surface area (Å²) in [5.41, 5.74) is 6.66. The molecule has 0 radical (unpaired) electrons. The molecule has 0 heterocycles. The molecule has 1 aliphatic carbocycles. The Bertz CT molecular complexity index is 532. The number of benzene rings is 1. The Morgan fingerprint density at radius 3 is 2.75 bits per heavy atom. The molecule has 1 aromatic carbocycles. The van der Waals surface area contributed by atoms with Gasteiger partial charge in [-0.15, -0.1) is 0 Å². The second-order valence-electron chi connectivity index (χ2n) is 5.13. The standard InChI is InChI=1S/C14H18N4O2/c15-8-11-7-12(18(19)20)5-6-13(11)17-14(9-16)10-3-1-2-4-10/h5-7,10,14,17H,1-4,9,16H2. The number of hydrogen-bond acceptors (Lipinski definition) is 5. The largest absolute Gasteiger partial charge is 0.380 e. The van der Waals surface area contributed by atoms with Gasteiger partial charge in [0.15, 0.2) is 0 Å². The van der Waals surface area contributed by atoms with Crippen LogP contribution in [-0.2, 0) is 0 Å². The quantitative estimate of drug-likeness (QED) is 0.633. The zero-order chi connectivity index (χ0) is 14.5. The van der Waals surface area contributed by atoms with Crippen molar-refractivity contribution in [3.05, 3.63) is 33.9 Å². The third-order valence-electron chi connectivity index (χ3n) is 3.90. The Morgan fingerprint density at radius 2 is 2.20 bits per heavy atom. The fourth-order valence-electron chi connectivity index (χ4n) is 2.79. The molecular weight excluding hydrogens is 256 g/mol. The van der Waals surface area contributed by atoms with Gasteiger partial charge in [-0.05, 0) is 24.8 Å². The van der Waals surface area contributed by atoms with Crippen molar-refractivity contribution in [2.24, 2.45) is 11.7 Å². The smallest absolute Gasteiger partial charge is 0.270 e. The molecule has 6 heteroatoms. The minimum absolute atomic E-state index is 0.0720. The molecule has 1 aromatic rings. The molecule has 0 bridgehead atoms. The molecule has 1 fully saturated rings. The van der Waals surface area contributed by atoms with Gasteiger partial charge in [0.25, 0.3) is 5.69 Å². The molecule has 6 nitrogen and oxygen atoms in total. The molecule has 1 unspecified atom stereocenters. The summed E-state index contributed by atoms with van der Waals surface area (Å²) in [5.74, 6) is 0.515.